The molecule has 2 aromatic rings. The summed E-state index contributed by atoms with van der Waals surface area (Å²) in [5, 5.41) is 0.269. The first-order valence-corrected chi connectivity index (χ1v) is 7.03. The molecular formula is C15H17ClN4O. The van der Waals surface area contributed by atoms with E-state index in [-0.39, 0.29) is 22.5 Å². The standard InChI is InChI=1S/C15H17ClN4O/c1-10(2)14-18-8-12(16)13(19-14)15(21)20(3)9-11-4-6-17-7-5-11/h4-8,10H,9H2,1-3H3. The van der Waals surface area contributed by atoms with E-state index >= 15 is 0 Å². The Hall–Kier alpha value is -2.01. The molecule has 0 saturated heterocycles. The molecule has 0 aliphatic carbocycles. The molecule has 0 saturated carbocycles. The van der Waals surface area contributed by atoms with Crippen molar-refractivity contribution in [3.63, 3.8) is 0 Å². The van der Waals surface area contributed by atoms with Crippen molar-refractivity contribution in [2.24, 2.45) is 0 Å². The van der Waals surface area contributed by atoms with E-state index in [9.17, 15) is 4.79 Å². The summed E-state index contributed by atoms with van der Waals surface area (Å²) in [4.78, 5) is 26.4. The molecule has 0 atom stereocenters. The van der Waals surface area contributed by atoms with E-state index in [1.54, 1.807) is 24.3 Å². The fraction of sp³-hybridized carbons (Fsp3) is 0.333. The largest absolute Gasteiger partial charge is 0.336 e. The van der Waals surface area contributed by atoms with Crippen LogP contribution in [0.5, 0.6) is 0 Å². The number of rotatable bonds is 4. The van der Waals surface area contributed by atoms with Crippen LogP contribution in [0.1, 0.15) is 41.6 Å². The Morgan fingerprint density at radius 3 is 2.62 bits per heavy atom. The minimum absolute atomic E-state index is 0.138. The van der Waals surface area contributed by atoms with Crippen LogP contribution in [-0.4, -0.2) is 32.8 Å². The average Bonchev–Trinajstić information content (AvgIpc) is 2.47. The molecule has 6 heteroatoms. The number of hydrogen-bond acceptors (Lipinski definition) is 4. The van der Waals surface area contributed by atoms with Gasteiger partial charge in [-0.2, -0.15) is 0 Å². The second kappa shape index (κ2) is 6.63. The van der Waals surface area contributed by atoms with Crippen molar-refractivity contribution in [3.05, 3.63) is 52.8 Å². The van der Waals surface area contributed by atoms with Crippen molar-refractivity contribution >= 4 is 17.5 Å². The molecule has 110 valence electrons. The van der Waals surface area contributed by atoms with Crippen LogP contribution in [0.15, 0.2) is 30.7 Å². The van der Waals surface area contributed by atoms with Gasteiger partial charge in [-0.25, -0.2) is 9.97 Å². The van der Waals surface area contributed by atoms with E-state index < -0.39 is 0 Å². The SMILES string of the molecule is CC(C)c1ncc(Cl)c(C(=O)N(C)Cc2ccncc2)n1. The van der Waals surface area contributed by atoms with Crippen molar-refractivity contribution in [2.75, 3.05) is 7.05 Å². The number of carbonyl (C=O) groups excluding carboxylic acids is 1. The normalized spacial score (nSPS) is 10.7. The van der Waals surface area contributed by atoms with Crippen LogP contribution in [0.25, 0.3) is 0 Å². The van der Waals surface area contributed by atoms with Crippen LogP contribution < -0.4 is 0 Å². The van der Waals surface area contributed by atoms with Gasteiger partial charge in [-0.15, -0.1) is 0 Å². The summed E-state index contributed by atoms with van der Waals surface area (Å²) in [7, 11) is 1.72. The van der Waals surface area contributed by atoms with Gasteiger partial charge in [0.25, 0.3) is 5.91 Å². The molecule has 0 spiro atoms. The zero-order valence-corrected chi connectivity index (χ0v) is 13.0. The zero-order chi connectivity index (χ0) is 15.4. The number of nitrogens with zero attached hydrogens (tertiary/aromatic N) is 4. The molecule has 2 rings (SSSR count). The molecule has 0 bridgehead atoms. The van der Waals surface area contributed by atoms with E-state index in [4.69, 9.17) is 11.6 Å². The number of pyridine rings is 1. The molecule has 0 aliphatic heterocycles. The Morgan fingerprint density at radius 1 is 1.33 bits per heavy atom. The molecule has 2 aromatic heterocycles. The second-order valence-electron chi connectivity index (χ2n) is 5.10. The second-order valence-corrected chi connectivity index (χ2v) is 5.50. The summed E-state index contributed by atoms with van der Waals surface area (Å²) >= 11 is 6.06. The van der Waals surface area contributed by atoms with E-state index in [0.717, 1.165) is 5.56 Å². The zero-order valence-electron chi connectivity index (χ0n) is 12.2. The Labute approximate surface area is 129 Å². The quantitative estimate of drug-likeness (QED) is 0.871. The first-order chi connectivity index (χ1) is 9.99. The summed E-state index contributed by atoms with van der Waals surface area (Å²) in [5.74, 6) is 0.528. The monoisotopic (exact) mass is 304 g/mol. The molecule has 0 unspecified atom stereocenters. The van der Waals surface area contributed by atoms with Crippen LogP contribution in [-0.2, 0) is 6.54 Å². The Bertz CT molecular complexity index is 631. The number of hydrogen-bond donors (Lipinski definition) is 0. The highest BCUT2D eigenvalue weighted by Crippen LogP contribution is 2.18. The van der Waals surface area contributed by atoms with Crippen molar-refractivity contribution in [3.8, 4) is 0 Å². The molecule has 0 aliphatic rings. The van der Waals surface area contributed by atoms with Crippen molar-refractivity contribution in [1.29, 1.82) is 0 Å². The minimum Gasteiger partial charge on any atom is -0.336 e. The molecule has 0 radical (unpaired) electrons. The summed E-state index contributed by atoms with van der Waals surface area (Å²) in [6.07, 6.45) is 4.88. The predicted octanol–water partition coefficient (Wildman–Crippen LogP) is 2.92. The van der Waals surface area contributed by atoms with Gasteiger partial charge in [0.05, 0.1) is 11.2 Å². The maximum absolute atomic E-state index is 12.5. The lowest BCUT2D eigenvalue weighted by Gasteiger charge is -2.18. The first-order valence-electron chi connectivity index (χ1n) is 6.66. The van der Waals surface area contributed by atoms with Crippen LogP contribution >= 0.6 is 11.6 Å². The topological polar surface area (TPSA) is 59.0 Å². The third kappa shape index (κ3) is 3.76. The fourth-order valence-corrected chi connectivity index (χ4v) is 2.00. The van der Waals surface area contributed by atoms with Crippen molar-refractivity contribution < 1.29 is 4.79 Å². The molecule has 1 amide bonds. The fourth-order valence-electron chi connectivity index (χ4n) is 1.82. The third-order valence-electron chi connectivity index (χ3n) is 3.00. The van der Waals surface area contributed by atoms with E-state index in [1.165, 1.54) is 6.20 Å². The molecule has 21 heavy (non-hydrogen) atoms. The lowest BCUT2D eigenvalue weighted by atomic mass is 10.2. The van der Waals surface area contributed by atoms with Gasteiger partial charge in [-0.1, -0.05) is 25.4 Å². The van der Waals surface area contributed by atoms with Gasteiger partial charge in [0.2, 0.25) is 0 Å². The van der Waals surface area contributed by atoms with Crippen LogP contribution in [0.4, 0.5) is 0 Å². The minimum atomic E-state index is -0.221. The van der Waals surface area contributed by atoms with E-state index in [0.29, 0.717) is 12.4 Å². The van der Waals surface area contributed by atoms with Crippen LogP contribution in [0.3, 0.4) is 0 Å². The van der Waals surface area contributed by atoms with Gasteiger partial charge >= 0.3 is 0 Å². The van der Waals surface area contributed by atoms with Gasteiger partial charge in [0.1, 0.15) is 5.82 Å². The summed E-state index contributed by atoms with van der Waals surface area (Å²) in [6, 6.07) is 3.73. The maximum atomic E-state index is 12.5. The van der Waals surface area contributed by atoms with Crippen LogP contribution in [0, 0.1) is 0 Å². The van der Waals surface area contributed by atoms with Gasteiger partial charge in [0, 0.05) is 31.9 Å². The highest BCUT2D eigenvalue weighted by Gasteiger charge is 2.19. The highest BCUT2D eigenvalue weighted by atomic mass is 35.5. The molecule has 0 fully saturated rings. The Morgan fingerprint density at radius 2 is 2.00 bits per heavy atom. The summed E-state index contributed by atoms with van der Waals surface area (Å²) < 4.78 is 0. The molecule has 2 heterocycles. The van der Waals surface area contributed by atoms with Crippen LogP contribution in [0.2, 0.25) is 5.02 Å². The smallest absolute Gasteiger partial charge is 0.274 e. The molecule has 5 nitrogen and oxygen atoms in total. The van der Waals surface area contributed by atoms with E-state index in [1.807, 2.05) is 26.0 Å². The van der Waals surface area contributed by atoms with Crippen molar-refractivity contribution in [1.82, 2.24) is 19.9 Å². The maximum Gasteiger partial charge on any atom is 0.274 e. The number of halogens is 1. The van der Waals surface area contributed by atoms with Gasteiger partial charge in [0.15, 0.2) is 5.69 Å². The first kappa shape index (κ1) is 15.4. The molecule has 0 aromatic carbocycles. The Kier molecular flexibility index (Phi) is 4.85. The van der Waals surface area contributed by atoms with Gasteiger partial charge in [-0.05, 0) is 17.7 Å². The summed E-state index contributed by atoms with van der Waals surface area (Å²) in [5.41, 5.74) is 1.24. The number of amides is 1. The molecule has 0 N–H and O–H groups in total. The van der Waals surface area contributed by atoms with E-state index in [2.05, 4.69) is 15.0 Å². The lowest BCUT2D eigenvalue weighted by Crippen LogP contribution is -2.28. The van der Waals surface area contributed by atoms with Gasteiger partial charge < -0.3 is 4.90 Å². The average molecular weight is 305 g/mol. The third-order valence-corrected chi connectivity index (χ3v) is 3.27. The molecular weight excluding hydrogens is 288 g/mol. The highest BCUT2D eigenvalue weighted by molar-refractivity contribution is 6.33. The number of carbonyl (C=O) groups is 1. The lowest BCUT2D eigenvalue weighted by molar-refractivity contribution is 0.0779. The van der Waals surface area contributed by atoms with Crippen molar-refractivity contribution in [2.45, 2.75) is 26.3 Å². The number of aromatic nitrogens is 3. The Balaban J connectivity index is 2.21. The van der Waals surface area contributed by atoms with Gasteiger partial charge in [-0.3, -0.25) is 9.78 Å². The predicted molar refractivity (Wildman–Crippen MR) is 81.2 cm³/mol. The summed E-state index contributed by atoms with van der Waals surface area (Å²) in [6.45, 7) is 4.41.